The minimum atomic E-state index is -0.230. The topological polar surface area (TPSA) is 58.2 Å². The summed E-state index contributed by atoms with van der Waals surface area (Å²) in [6.45, 7) is 6.90. The van der Waals surface area contributed by atoms with Gasteiger partial charge in [-0.15, -0.1) is 0 Å². The average Bonchev–Trinajstić information content (AvgIpc) is 3.28. The van der Waals surface area contributed by atoms with Crippen LogP contribution in [0.25, 0.3) is 11.3 Å². The van der Waals surface area contributed by atoms with Crippen LogP contribution in [0.1, 0.15) is 61.3 Å². The number of rotatable bonds is 7. The molecule has 1 aliphatic heterocycles. The summed E-state index contributed by atoms with van der Waals surface area (Å²) in [6.07, 6.45) is 2.09. The molecular formula is C24H26ClN3O2. The second-order valence-corrected chi connectivity index (χ2v) is 8.29. The van der Waals surface area contributed by atoms with Crippen molar-refractivity contribution >= 4 is 17.5 Å². The average molecular weight is 424 g/mol. The Balaban J connectivity index is 1.79. The van der Waals surface area contributed by atoms with E-state index in [1.807, 2.05) is 67.3 Å². The van der Waals surface area contributed by atoms with Crippen LogP contribution in [0, 0.1) is 0 Å². The molecule has 1 unspecified atom stereocenters. The van der Waals surface area contributed by atoms with Crippen LogP contribution in [-0.4, -0.2) is 33.7 Å². The number of amides is 1. The van der Waals surface area contributed by atoms with E-state index < -0.39 is 0 Å². The minimum absolute atomic E-state index is 0.0324. The second-order valence-electron chi connectivity index (χ2n) is 7.85. The molecule has 0 saturated carbocycles. The van der Waals surface area contributed by atoms with Gasteiger partial charge < -0.3 is 9.64 Å². The fourth-order valence-corrected chi connectivity index (χ4v) is 4.09. The molecule has 4 rings (SSSR count). The highest BCUT2D eigenvalue weighted by atomic mass is 35.5. The highest BCUT2D eigenvalue weighted by Crippen LogP contribution is 2.44. The summed E-state index contributed by atoms with van der Waals surface area (Å²) in [5.74, 6) is 0.789. The number of ether oxygens (including phenoxy) is 1. The number of nitrogens with one attached hydrogen (secondary N) is 1. The van der Waals surface area contributed by atoms with Crippen LogP contribution in [-0.2, 0) is 0 Å². The van der Waals surface area contributed by atoms with Gasteiger partial charge >= 0.3 is 0 Å². The summed E-state index contributed by atoms with van der Waals surface area (Å²) in [5, 5.41) is 8.14. The van der Waals surface area contributed by atoms with Crippen molar-refractivity contribution in [2.24, 2.45) is 0 Å². The lowest BCUT2D eigenvalue weighted by Gasteiger charge is -2.30. The number of aromatic nitrogens is 2. The Kier molecular flexibility index (Phi) is 5.82. The summed E-state index contributed by atoms with van der Waals surface area (Å²) in [7, 11) is 0. The Morgan fingerprint density at radius 2 is 1.97 bits per heavy atom. The molecule has 0 radical (unpaired) electrons. The molecule has 6 heteroatoms. The van der Waals surface area contributed by atoms with E-state index in [4.69, 9.17) is 16.3 Å². The first-order valence-corrected chi connectivity index (χ1v) is 10.8. The predicted molar refractivity (Wildman–Crippen MR) is 119 cm³/mol. The van der Waals surface area contributed by atoms with Gasteiger partial charge in [0.05, 0.1) is 18.3 Å². The van der Waals surface area contributed by atoms with E-state index in [0.717, 1.165) is 41.0 Å². The zero-order valence-electron chi connectivity index (χ0n) is 17.5. The number of halogens is 1. The standard InChI is InChI=1S/C24H26ClN3O2/c1-4-5-13-30-19-8-6-7-17(14-19)23-20-21(16-9-11-18(25)12-10-16)26-27-22(20)24(29)28(23)15(2)3/h6-12,14-15,23H,4-5,13H2,1-3H3,(H,26,27). The highest BCUT2D eigenvalue weighted by molar-refractivity contribution is 6.30. The number of hydrogen-bond donors (Lipinski definition) is 1. The summed E-state index contributed by atoms with van der Waals surface area (Å²) in [6, 6.07) is 15.4. The molecule has 3 aromatic rings. The summed E-state index contributed by atoms with van der Waals surface area (Å²) in [4.78, 5) is 15.1. The molecule has 30 heavy (non-hydrogen) atoms. The quantitative estimate of drug-likeness (QED) is 0.484. The maximum Gasteiger partial charge on any atom is 0.273 e. The molecule has 2 heterocycles. The van der Waals surface area contributed by atoms with Gasteiger partial charge in [0.15, 0.2) is 0 Å². The molecule has 1 atom stereocenters. The number of carbonyl (C=O) groups excluding carboxylic acids is 1. The van der Waals surface area contributed by atoms with Crippen molar-refractivity contribution in [2.75, 3.05) is 6.61 Å². The molecule has 1 N–H and O–H groups in total. The first kappa shape index (κ1) is 20.5. The fourth-order valence-electron chi connectivity index (χ4n) is 3.96. The molecule has 1 aromatic heterocycles. The Hall–Kier alpha value is -2.79. The summed E-state index contributed by atoms with van der Waals surface area (Å²) in [5.41, 5.74) is 4.18. The third-order valence-electron chi connectivity index (χ3n) is 5.42. The molecule has 1 aliphatic rings. The second kappa shape index (κ2) is 8.52. The first-order valence-electron chi connectivity index (χ1n) is 10.4. The van der Waals surface area contributed by atoms with Crippen molar-refractivity contribution in [3.05, 3.63) is 70.4 Å². The number of benzene rings is 2. The van der Waals surface area contributed by atoms with E-state index in [2.05, 4.69) is 17.1 Å². The van der Waals surface area contributed by atoms with Crippen LogP contribution in [0.3, 0.4) is 0 Å². The van der Waals surface area contributed by atoms with E-state index in [9.17, 15) is 4.79 Å². The first-order chi connectivity index (χ1) is 14.5. The van der Waals surface area contributed by atoms with Crippen LogP contribution in [0.5, 0.6) is 5.75 Å². The molecule has 2 aromatic carbocycles. The zero-order valence-corrected chi connectivity index (χ0v) is 18.2. The van der Waals surface area contributed by atoms with Crippen molar-refractivity contribution < 1.29 is 9.53 Å². The minimum Gasteiger partial charge on any atom is -0.494 e. The van der Waals surface area contributed by atoms with Crippen LogP contribution in [0.2, 0.25) is 5.02 Å². The van der Waals surface area contributed by atoms with Crippen molar-refractivity contribution in [3.63, 3.8) is 0 Å². The van der Waals surface area contributed by atoms with Crippen LogP contribution < -0.4 is 4.74 Å². The molecule has 0 fully saturated rings. The number of carbonyl (C=O) groups is 1. The predicted octanol–water partition coefficient (Wildman–Crippen LogP) is 5.86. The van der Waals surface area contributed by atoms with Crippen LogP contribution >= 0.6 is 11.6 Å². The Labute approximate surface area is 182 Å². The van der Waals surface area contributed by atoms with E-state index >= 15 is 0 Å². The highest BCUT2D eigenvalue weighted by Gasteiger charge is 2.43. The molecule has 0 aliphatic carbocycles. The number of nitrogens with zero attached hydrogens (tertiary/aromatic N) is 2. The van der Waals surface area contributed by atoms with E-state index in [-0.39, 0.29) is 18.0 Å². The van der Waals surface area contributed by atoms with Gasteiger partial charge in [-0.3, -0.25) is 9.89 Å². The molecule has 5 nitrogen and oxygen atoms in total. The SMILES string of the molecule is CCCCOc1cccc(C2c3c(-c4ccc(Cl)cc4)n[nH]c3C(=O)N2C(C)C)c1. The Morgan fingerprint density at radius 1 is 1.20 bits per heavy atom. The lowest BCUT2D eigenvalue weighted by atomic mass is 9.95. The van der Waals surface area contributed by atoms with Gasteiger partial charge in [0.1, 0.15) is 11.4 Å². The number of unbranched alkanes of at least 4 members (excludes halogenated alkanes) is 1. The molecule has 156 valence electrons. The Morgan fingerprint density at radius 3 is 2.67 bits per heavy atom. The number of fused-ring (bicyclic) bond motifs is 1. The fraction of sp³-hybridized carbons (Fsp3) is 0.333. The van der Waals surface area contributed by atoms with Gasteiger partial charge in [0.2, 0.25) is 0 Å². The maximum atomic E-state index is 13.2. The van der Waals surface area contributed by atoms with Gasteiger partial charge in [0.25, 0.3) is 5.91 Å². The third-order valence-corrected chi connectivity index (χ3v) is 5.67. The van der Waals surface area contributed by atoms with Crippen molar-refractivity contribution in [1.29, 1.82) is 0 Å². The van der Waals surface area contributed by atoms with E-state index in [1.54, 1.807) is 0 Å². The van der Waals surface area contributed by atoms with Crippen molar-refractivity contribution in [2.45, 2.75) is 45.7 Å². The lowest BCUT2D eigenvalue weighted by Crippen LogP contribution is -2.35. The maximum absolute atomic E-state index is 13.2. The number of hydrogen-bond acceptors (Lipinski definition) is 3. The van der Waals surface area contributed by atoms with Crippen molar-refractivity contribution in [3.8, 4) is 17.0 Å². The van der Waals surface area contributed by atoms with Crippen LogP contribution in [0.4, 0.5) is 0 Å². The normalized spacial score (nSPS) is 15.7. The van der Waals surface area contributed by atoms with E-state index in [0.29, 0.717) is 17.3 Å². The summed E-state index contributed by atoms with van der Waals surface area (Å²) < 4.78 is 5.93. The van der Waals surface area contributed by atoms with Gasteiger partial charge in [0, 0.05) is 22.2 Å². The molecule has 0 saturated heterocycles. The Bertz CT molecular complexity index is 1040. The smallest absolute Gasteiger partial charge is 0.273 e. The molecule has 0 spiro atoms. The largest absolute Gasteiger partial charge is 0.494 e. The molecule has 0 bridgehead atoms. The van der Waals surface area contributed by atoms with Crippen LogP contribution in [0.15, 0.2) is 48.5 Å². The van der Waals surface area contributed by atoms with Gasteiger partial charge in [-0.05, 0) is 50.1 Å². The third kappa shape index (κ3) is 3.70. The number of H-pyrrole nitrogens is 1. The molecular weight excluding hydrogens is 398 g/mol. The zero-order chi connectivity index (χ0) is 21.3. The lowest BCUT2D eigenvalue weighted by molar-refractivity contribution is 0.0687. The summed E-state index contributed by atoms with van der Waals surface area (Å²) >= 11 is 6.07. The number of aromatic amines is 1. The monoisotopic (exact) mass is 423 g/mol. The van der Waals surface area contributed by atoms with Gasteiger partial charge in [-0.2, -0.15) is 5.10 Å². The van der Waals surface area contributed by atoms with Gasteiger partial charge in [-0.1, -0.05) is 49.2 Å². The molecule has 1 amide bonds. The van der Waals surface area contributed by atoms with E-state index in [1.165, 1.54) is 0 Å². The van der Waals surface area contributed by atoms with Crippen molar-refractivity contribution in [1.82, 2.24) is 15.1 Å². The van der Waals surface area contributed by atoms with Gasteiger partial charge in [-0.25, -0.2) is 0 Å².